The Kier molecular flexibility index (Phi) is 4.39. The predicted octanol–water partition coefficient (Wildman–Crippen LogP) is 2.20. The van der Waals surface area contributed by atoms with Crippen molar-refractivity contribution < 1.29 is 14.7 Å². The van der Waals surface area contributed by atoms with Crippen molar-refractivity contribution in [1.29, 1.82) is 0 Å². The van der Waals surface area contributed by atoms with Crippen LogP contribution < -0.4 is 0 Å². The van der Waals surface area contributed by atoms with Crippen LogP contribution in [0.5, 0.6) is 0 Å². The first-order valence-electron chi connectivity index (χ1n) is 6.85. The fourth-order valence-electron chi connectivity index (χ4n) is 2.75. The largest absolute Gasteiger partial charge is 0.481 e. The number of hydrogen-bond acceptors (Lipinski definition) is 2. The maximum Gasteiger partial charge on any atom is 0.306 e. The summed E-state index contributed by atoms with van der Waals surface area (Å²) in [5.74, 6) is -0.813. The highest BCUT2D eigenvalue weighted by molar-refractivity contribution is 5.79. The number of amides is 1. The Balaban J connectivity index is 1.80. The lowest BCUT2D eigenvalue weighted by Crippen LogP contribution is -2.40. The van der Waals surface area contributed by atoms with E-state index in [1.54, 1.807) is 0 Å². The monoisotopic (exact) mass is 251 g/mol. The van der Waals surface area contributed by atoms with Crippen LogP contribution in [-0.2, 0) is 9.59 Å². The van der Waals surface area contributed by atoms with Gasteiger partial charge < -0.3 is 10.0 Å². The zero-order valence-corrected chi connectivity index (χ0v) is 10.7. The predicted molar refractivity (Wildman–Crippen MR) is 68.1 cm³/mol. The Hall–Kier alpha value is -1.32. The van der Waals surface area contributed by atoms with Crippen LogP contribution in [0.15, 0.2) is 11.6 Å². The molecule has 1 heterocycles. The van der Waals surface area contributed by atoms with Crippen LogP contribution in [0, 0.1) is 5.92 Å². The molecule has 0 aromatic carbocycles. The van der Waals surface area contributed by atoms with Gasteiger partial charge in [-0.15, -0.1) is 0 Å². The zero-order chi connectivity index (χ0) is 13.0. The molecule has 0 atom stereocenters. The summed E-state index contributed by atoms with van der Waals surface area (Å²) in [4.78, 5) is 24.7. The van der Waals surface area contributed by atoms with Crippen LogP contribution in [0.2, 0.25) is 0 Å². The Labute approximate surface area is 108 Å². The van der Waals surface area contributed by atoms with Crippen molar-refractivity contribution in [2.75, 3.05) is 13.1 Å². The second kappa shape index (κ2) is 6.03. The van der Waals surface area contributed by atoms with Gasteiger partial charge in [0.25, 0.3) is 0 Å². The first-order chi connectivity index (χ1) is 8.66. The van der Waals surface area contributed by atoms with E-state index in [0.717, 1.165) is 12.8 Å². The fraction of sp³-hybridized carbons (Fsp3) is 0.714. The molecular weight excluding hydrogens is 230 g/mol. The van der Waals surface area contributed by atoms with Gasteiger partial charge in [-0.1, -0.05) is 11.6 Å². The average molecular weight is 251 g/mol. The molecule has 1 aliphatic heterocycles. The smallest absolute Gasteiger partial charge is 0.306 e. The summed E-state index contributed by atoms with van der Waals surface area (Å²) in [7, 11) is 0. The van der Waals surface area contributed by atoms with E-state index in [9.17, 15) is 9.59 Å². The van der Waals surface area contributed by atoms with Crippen molar-refractivity contribution in [1.82, 2.24) is 4.90 Å². The molecule has 0 aromatic rings. The van der Waals surface area contributed by atoms with Crippen LogP contribution in [-0.4, -0.2) is 35.0 Å². The first kappa shape index (κ1) is 13.1. The van der Waals surface area contributed by atoms with Gasteiger partial charge >= 0.3 is 5.97 Å². The second-order valence-electron chi connectivity index (χ2n) is 5.28. The highest BCUT2D eigenvalue weighted by atomic mass is 16.4. The average Bonchev–Trinajstić information content (AvgIpc) is 2.40. The van der Waals surface area contributed by atoms with E-state index in [1.165, 1.54) is 18.4 Å². The van der Waals surface area contributed by atoms with Crippen molar-refractivity contribution >= 4 is 11.9 Å². The summed E-state index contributed by atoms with van der Waals surface area (Å²) < 4.78 is 0. The number of hydrogen-bond donors (Lipinski definition) is 1. The van der Waals surface area contributed by atoms with Gasteiger partial charge in [0.05, 0.1) is 5.92 Å². The molecule has 0 aromatic heterocycles. The molecule has 1 fully saturated rings. The number of carbonyl (C=O) groups is 2. The molecule has 1 saturated heterocycles. The molecule has 4 heteroatoms. The van der Waals surface area contributed by atoms with Gasteiger partial charge in [-0.2, -0.15) is 0 Å². The van der Waals surface area contributed by atoms with E-state index < -0.39 is 5.97 Å². The Morgan fingerprint density at radius 3 is 2.56 bits per heavy atom. The number of nitrogens with zero attached hydrogens (tertiary/aromatic N) is 1. The number of carboxylic acids is 1. The number of rotatable bonds is 3. The fourth-order valence-corrected chi connectivity index (χ4v) is 2.75. The van der Waals surface area contributed by atoms with Gasteiger partial charge in [0.2, 0.25) is 5.91 Å². The van der Waals surface area contributed by atoms with Gasteiger partial charge in [-0.05, 0) is 38.5 Å². The number of carbonyl (C=O) groups excluding carboxylic acids is 1. The Morgan fingerprint density at radius 2 is 2.00 bits per heavy atom. The number of allylic oxidation sites excluding steroid dienone is 1. The Bertz CT molecular complexity index is 354. The maximum absolute atomic E-state index is 12.1. The van der Waals surface area contributed by atoms with Crippen LogP contribution in [0.3, 0.4) is 0 Å². The summed E-state index contributed by atoms with van der Waals surface area (Å²) >= 11 is 0. The van der Waals surface area contributed by atoms with Gasteiger partial charge in [0.15, 0.2) is 0 Å². The van der Waals surface area contributed by atoms with Gasteiger partial charge in [-0.25, -0.2) is 0 Å². The van der Waals surface area contributed by atoms with Crippen LogP contribution >= 0.6 is 0 Å². The van der Waals surface area contributed by atoms with E-state index in [1.807, 2.05) is 4.90 Å². The van der Waals surface area contributed by atoms with E-state index in [4.69, 9.17) is 5.11 Å². The summed E-state index contributed by atoms with van der Waals surface area (Å²) in [6, 6.07) is 0. The van der Waals surface area contributed by atoms with Crippen molar-refractivity contribution in [3.63, 3.8) is 0 Å². The SMILES string of the molecule is O=C(O)C1CCN(C(=O)CC2=CCCCC2)CC1. The third-order valence-electron chi connectivity index (χ3n) is 3.96. The van der Waals surface area contributed by atoms with Crippen LogP contribution in [0.4, 0.5) is 0 Å². The topological polar surface area (TPSA) is 57.6 Å². The van der Waals surface area contributed by atoms with Crippen molar-refractivity contribution in [2.45, 2.75) is 44.9 Å². The summed E-state index contributed by atoms with van der Waals surface area (Å²) in [5, 5.41) is 8.91. The van der Waals surface area contributed by atoms with Crippen LogP contribution in [0.25, 0.3) is 0 Å². The van der Waals surface area contributed by atoms with E-state index in [0.29, 0.717) is 32.4 Å². The van der Waals surface area contributed by atoms with Crippen molar-refractivity contribution in [3.8, 4) is 0 Å². The molecule has 2 rings (SSSR count). The maximum atomic E-state index is 12.1. The second-order valence-corrected chi connectivity index (χ2v) is 5.28. The minimum Gasteiger partial charge on any atom is -0.481 e. The molecule has 2 aliphatic rings. The zero-order valence-electron chi connectivity index (χ0n) is 10.7. The standard InChI is InChI=1S/C14H21NO3/c16-13(10-11-4-2-1-3-5-11)15-8-6-12(7-9-15)14(17)18/h4,12H,1-3,5-10H2,(H,17,18). The number of aliphatic carboxylic acids is 1. The molecule has 0 saturated carbocycles. The molecule has 0 radical (unpaired) electrons. The normalized spacial score (nSPS) is 21.6. The van der Waals surface area contributed by atoms with Crippen molar-refractivity contribution in [2.24, 2.45) is 5.92 Å². The molecule has 1 amide bonds. The molecule has 1 N–H and O–H groups in total. The number of likely N-dealkylation sites (tertiary alicyclic amines) is 1. The third-order valence-corrected chi connectivity index (χ3v) is 3.96. The molecule has 4 nitrogen and oxygen atoms in total. The lowest BCUT2D eigenvalue weighted by molar-refractivity contribution is -0.145. The Morgan fingerprint density at radius 1 is 1.28 bits per heavy atom. The summed E-state index contributed by atoms with van der Waals surface area (Å²) in [5.41, 5.74) is 1.27. The van der Waals surface area contributed by atoms with Gasteiger partial charge in [0.1, 0.15) is 0 Å². The summed E-state index contributed by atoms with van der Waals surface area (Å²) in [6.07, 6.45) is 8.52. The molecule has 18 heavy (non-hydrogen) atoms. The summed E-state index contributed by atoms with van der Waals surface area (Å²) in [6.45, 7) is 1.20. The van der Waals surface area contributed by atoms with Gasteiger partial charge in [-0.3, -0.25) is 9.59 Å². The minimum absolute atomic E-state index is 0.173. The van der Waals surface area contributed by atoms with E-state index in [-0.39, 0.29) is 11.8 Å². The highest BCUT2D eigenvalue weighted by Crippen LogP contribution is 2.23. The molecule has 0 bridgehead atoms. The third kappa shape index (κ3) is 3.34. The quantitative estimate of drug-likeness (QED) is 0.782. The molecule has 0 spiro atoms. The van der Waals surface area contributed by atoms with Crippen LogP contribution in [0.1, 0.15) is 44.9 Å². The molecule has 1 aliphatic carbocycles. The first-order valence-corrected chi connectivity index (χ1v) is 6.85. The number of piperidine rings is 1. The molecular formula is C14H21NO3. The minimum atomic E-state index is -0.725. The number of carboxylic acid groups (broad SMARTS) is 1. The molecule has 0 unspecified atom stereocenters. The van der Waals surface area contributed by atoms with E-state index in [2.05, 4.69) is 6.08 Å². The van der Waals surface area contributed by atoms with E-state index >= 15 is 0 Å². The molecule has 100 valence electrons. The lowest BCUT2D eigenvalue weighted by Gasteiger charge is -2.30. The van der Waals surface area contributed by atoms with Crippen molar-refractivity contribution in [3.05, 3.63) is 11.6 Å². The highest BCUT2D eigenvalue weighted by Gasteiger charge is 2.27. The van der Waals surface area contributed by atoms with Gasteiger partial charge in [0, 0.05) is 19.5 Å². The lowest BCUT2D eigenvalue weighted by atomic mass is 9.94.